The predicted octanol–water partition coefficient (Wildman–Crippen LogP) is -0.469. The highest BCUT2D eigenvalue weighted by molar-refractivity contribution is 5.85. The van der Waals surface area contributed by atoms with Crippen LogP contribution in [0.4, 0.5) is 0 Å². The SMILES string of the molecule is [N-]=[N+]=NCCCNC1(C(N)=O)COC1. The molecule has 7 heteroatoms. The number of hydrogen-bond acceptors (Lipinski definition) is 4. The van der Waals surface area contributed by atoms with Crippen LogP contribution in [0.2, 0.25) is 0 Å². The van der Waals surface area contributed by atoms with Gasteiger partial charge in [0.1, 0.15) is 5.54 Å². The van der Waals surface area contributed by atoms with Gasteiger partial charge < -0.3 is 10.5 Å². The maximum absolute atomic E-state index is 11.0. The molecule has 7 nitrogen and oxygen atoms in total. The zero-order chi connectivity index (χ0) is 10.4. The zero-order valence-electron chi connectivity index (χ0n) is 7.77. The Kier molecular flexibility index (Phi) is 3.70. The largest absolute Gasteiger partial charge is 0.376 e. The summed E-state index contributed by atoms with van der Waals surface area (Å²) >= 11 is 0. The van der Waals surface area contributed by atoms with Crippen molar-refractivity contribution in [2.75, 3.05) is 26.3 Å². The number of azide groups is 1. The number of nitrogens with zero attached hydrogens (tertiary/aromatic N) is 3. The minimum absolute atomic E-state index is 0.323. The molecule has 0 saturated carbocycles. The van der Waals surface area contributed by atoms with Gasteiger partial charge in [-0.15, -0.1) is 0 Å². The molecule has 0 unspecified atom stereocenters. The van der Waals surface area contributed by atoms with Gasteiger partial charge in [-0.1, -0.05) is 5.11 Å². The molecule has 1 aliphatic rings. The van der Waals surface area contributed by atoms with Crippen LogP contribution in [0.5, 0.6) is 0 Å². The molecule has 1 fully saturated rings. The van der Waals surface area contributed by atoms with Gasteiger partial charge in [-0.2, -0.15) is 0 Å². The number of hydrogen-bond donors (Lipinski definition) is 2. The van der Waals surface area contributed by atoms with Gasteiger partial charge in [-0.05, 0) is 18.5 Å². The second-order valence-electron chi connectivity index (χ2n) is 3.17. The van der Waals surface area contributed by atoms with Crippen LogP contribution in [0.1, 0.15) is 6.42 Å². The van der Waals surface area contributed by atoms with Crippen molar-refractivity contribution in [3.05, 3.63) is 10.4 Å². The molecule has 0 spiro atoms. The molecule has 0 aliphatic carbocycles. The van der Waals surface area contributed by atoms with E-state index in [2.05, 4.69) is 15.3 Å². The first kappa shape index (κ1) is 10.8. The van der Waals surface area contributed by atoms with Crippen LogP contribution in [-0.4, -0.2) is 37.7 Å². The number of nitrogens with two attached hydrogens (primary N) is 1. The minimum atomic E-state index is -0.698. The molecule has 1 saturated heterocycles. The maximum atomic E-state index is 11.0. The predicted molar refractivity (Wildman–Crippen MR) is 49.4 cm³/mol. The van der Waals surface area contributed by atoms with Crippen molar-refractivity contribution in [3.63, 3.8) is 0 Å². The number of carbonyl (C=O) groups excluding carboxylic acids is 1. The van der Waals surface area contributed by atoms with Gasteiger partial charge in [-0.25, -0.2) is 0 Å². The summed E-state index contributed by atoms with van der Waals surface area (Å²) in [6, 6.07) is 0. The average molecular weight is 199 g/mol. The van der Waals surface area contributed by atoms with Crippen LogP contribution in [-0.2, 0) is 9.53 Å². The van der Waals surface area contributed by atoms with Crippen LogP contribution in [0.25, 0.3) is 10.4 Å². The van der Waals surface area contributed by atoms with Gasteiger partial charge in [0.15, 0.2) is 0 Å². The molecule has 3 N–H and O–H groups in total. The van der Waals surface area contributed by atoms with Crippen LogP contribution < -0.4 is 11.1 Å². The Morgan fingerprint density at radius 1 is 1.71 bits per heavy atom. The molecule has 78 valence electrons. The molecule has 1 aliphatic heterocycles. The summed E-state index contributed by atoms with van der Waals surface area (Å²) in [5.74, 6) is -0.396. The van der Waals surface area contributed by atoms with Gasteiger partial charge in [0.2, 0.25) is 5.91 Å². The lowest BCUT2D eigenvalue weighted by Crippen LogP contribution is -2.68. The number of amides is 1. The quantitative estimate of drug-likeness (QED) is 0.261. The highest BCUT2D eigenvalue weighted by Gasteiger charge is 2.43. The molecule has 14 heavy (non-hydrogen) atoms. The van der Waals surface area contributed by atoms with Crippen LogP contribution in [0.3, 0.4) is 0 Å². The number of rotatable bonds is 6. The summed E-state index contributed by atoms with van der Waals surface area (Å²) in [6.45, 7) is 1.65. The molecule has 0 aromatic rings. The van der Waals surface area contributed by atoms with Crippen LogP contribution in [0, 0.1) is 0 Å². The molecule has 0 aromatic carbocycles. The molecule has 0 radical (unpaired) electrons. The molecule has 1 rings (SSSR count). The van der Waals surface area contributed by atoms with E-state index in [1.165, 1.54) is 0 Å². The Morgan fingerprint density at radius 3 is 2.86 bits per heavy atom. The topological polar surface area (TPSA) is 113 Å². The monoisotopic (exact) mass is 199 g/mol. The zero-order valence-corrected chi connectivity index (χ0v) is 7.77. The van der Waals surface area contributed by atoms with Crippen molar-refractivity contribution in [1.29, 1.82) is 0 Å². The number of ether oxygens (including phenoxy) is 1. The fourth-order valence-electron chi connectivity index (χ4n) is 1.16. The third kappa shape index (κ3) is 2.35. The molecular formula is C7H13N5O2. The summed E-state index contributed by atoms with van der Waals surface area (Å²) in [5, 5.41) is 6.38. The first-order valence-corrected chi connectivity index (χ1v) is 4.35. The van der Waals surface area contributed by atoms with Crippen LogP contribution >= 0.6 is 0 Å². The number of nitrogens with one attached hydrogen (secondary N) is 1. The lowest BCUT2D eigenvalue weighted by Gasteiger charge is -2.39. The highest BCUT2D eigenvalue weighted by atomic mass is 16.5. The Bertz CT molecular complexity index is 257. The first-order chi connectivity index (χ1) is 6.71. The molecule has 0 bridgehead atoms. The third-order valence-electron chi connectivity index (χ3n) is 2.13. The van der Waals surface area contributed by atoms with E-state index < -0.39 is 11.4 Å². The lowest BCUT2D eigenvalue weighted by molar-refractivity contribution is -0.144. The van der Waals surface area contributed by atoms with Crippen molar-refractivity contribution >= 4 is 5.91 Å². The Morgan fingerprint density at radius 2 is 2.43 bits per heavy atom. The van der Waals surface area contributed by atoms with E-state index in [0.29, 0.717) is 32.7 Å². The van der Waals surface area contributed by atoms with E-state index in [-0.39, 0.29) is 0 Å². The first-order valence-electron chi connectivity index (χ1n) is 4.35. The van der Waals surface area contributed by atoms with Crippen molar-refractivity contribution in [1.82, 2.24) is 5.32 Å². The van der Waals surface area contributed by atoms with Gasteiger partial charge in [0, 0.05) is 11.5 Å². The summed E-state index contributed by atoms with van der Waals surface area (Å²) in [5.41, 5.74) is 12.5. The van der Waals surface area contributed by atoms with Gasteiger partial charge >= 0.3 is 0 Å². The fraction of sp³-hybridized carbons (Fsp3) is 0.857. The summed E-state index contributed by atoms with van der Waals surface area (Å²) in [6.07, 6.45) is 0.680. The van der Waals surface area contributed by atoms with E-state index in [4.69, 9.17) is 16.0 Å². The number of carbonyl (C=O) groups is 1. The Balaban J connectivity index is 2.22. The molecule has 1 heterocycles. The average Bonchev–Trinajstić information content (AvgIpc) is 2.07. The standard InChI is InChI=1S/C7H13N5O2/c8-6(13)7(4-14-5-7)10-2-1-3-11-12-9/h10H,1-5H2,(H2,8,13). The molecular weight excluding hydrogens is 186 g/mol. The normalized spacial score (nSPS) is 18.0. The van der Waals surface area contributed by atoms with E-state index in [9.17, 15) is 4.79 Å². The Hall–Kier alpha value is -1.30. The van der Waals surface area contributed by atoms with Gasteiger partial charge in [-0.3, -0.25) is 10.1 Å². The Labute approximate surface area is 81.2 Å². The summed E-state index contributed by atoms with van der Waals surface area (Å²) in [7, 11) is 0. The minimum Gasteiger partial charge on any atom is -0.376 e. The molecule has 0 atom stereocenters. The second kappa shape index (κ2) is 4.80. The van der Waals surface area contributed by atoms with Crippen molar-refractivity contribution in [3.8, 4) is 0 Å². The molecule has 1 amide bonds. The van der Waals surface area contributed by atoms with Gasteiger partial charge in [0.25, 0.3) is 0 Å². The smallest absolute Gasteiger partial charge is 0.242 e. The van der Waals surface area contributed by atoms with E-state index in [0.717, 1.165) is 0 Å². The summed E-state index contributed by atoms with van der Waals surface area (Å²) < 4.78 is 4.93. The third-order valence-corrected chi connectivity index (χ3v) is 2.13. The lowest BCUT2D eigenvalue weighted by atomic mass is 9.96. The number of primary amides is 1. The molecule has 0 aromatic heterocycles. The van der Waals surface area contributed by atoms with E-state index in [1.807, 2.05) is 0 Å². The second-order valence-corrected chi connectivity index (χ2v) is 3.17. The van der Waals surface area contributed by atoms with Crippen molar-refractivity contribution < 1.29 is 9.53 Å². The fourth-order valence-corrected chi connectivity index (χ4v) is 1.16. The summed E-state index contributed by atoms with van der Waals surface area (Å²) in [4.78, 5) is 13.6. The van der Waals surface area contributed by atoms with E-state index in [1.54, 1.807) is 0 Å². The van der Waals surface area contributed by atoms with Crippen LogP contribution in [0.15, 0.2) is 5.11 Å². The maximum Gasteiger partial charge on any atom is 0.242 e. The van der Waals surface area contributed by atoms with Crippen molar-refractivity contribution in [2.45, 2.75) is 12.0 Å². The van der Waals surface area contributed by atoms with E-state index >= 15 is 0 Å². The van der Waals surface area contributed by atoms with Gasteiger partial charge in [0.05, 0.1) is 13.2 Å². The highest BCUT2D eigenvalue weighted by Crippen LogP contribution is 2.15. The van der Waals surface area contributed by atoms with Crippen molar-refractivity contribution in [2.24, 2.45) is 10.8 Å².